The molecule has 19 heavy (non-hydrogen) atoms. The predicted molar refractivity (Wildman–Crippen MR) is 80.2 cm³/mol. The highest BCUT2D eigenvalue weighted by molar-refractivity contribution is 5.06. The van der Waals surface area contributed by atoms with Crippen molar-refractivity contribution in [2.45, 2.75) is 63.5 Å². The van der Waals surface area contributed by atoms with Crippen molar-refractivity contribution in [2.75, 3.05) is 32.7 Å². The van der Waals surface area contributed by atoms with E-state index in [2.05, 4.69) is 16.7 Å². The number of fused-ring (bicyclic) bond motifs is 2. The summed E-state index contributed by atoms with van der Waals surface area (Å²) in [5, 5.41) is 0. The first kappa shape index (κ1) is 13.8. The molecule has 3 nitrogen and oxygen atoms in total. The second kappa shape index (κ2) is 5.71. The maximum Gasteiger partial charge on any atom is 0.0387 e. The zero-order valence-electron chi connectivity index (χ0n) is 12.6. The van der Waals surface area contributed by atoms with Crippen LogP contribution in [0.15, 0.2) is 0 Å². The van der Waals surface area contributed by atoms with Crippen molar-refractivity contribution in [1.82, 2.24) is 9.80 Å². The Balaban J connectivity index is 1.81. The molecule has 3 fully saturated rings. The average molecular weight is 265 g/mol. The fraction of sp³-hybridized carbons (Fsp3) is 1.00. The lowest BCUT2D eigenvalue weighted by molar-refractivity contribution is -0.0284. The smallest absolute Gasteiger partial charge is 0.0387 e. The van der Waals surface area contributed by atoms with Gasteiger partial charge in [0.15, 0.2) is 0 Å². The molecule has 3 atom stereocenters. The van der Waals surface area contributed by atoms with E-state index in [4.69, 9.17) is 5.73 Å². The topological polar surface area (TPSA) is 32.5 Å². The van der Waals surface area contributed by atoms with Crippen LogP contribution < -0.4 is 5.73 Å². The number of nitrogens with zero attached hydrogens (tertiary/aromatic N) is 2. The maximum absolute atomic E-state index is 6.35. The van der Waals surface area contributed by atoms with Gasteiger partial charge in [0.1, 0.15) is 0 Å². The van der Waals surface area contributed by atoms with Gasteiger partial charge in [-0.15, -0.1) is 0 Å². The van der Waals surface area contributed by atoms with Gasteiger partial charge < -0.3 is 10.6 Å². The summed E-state index contributed by atoms with van der Waals surface area (Å²) in [7, 11) is 0. The number of nitrogens with two attached hydrogens (primary N) is 1. The van der Waals surface area contributed by atoms with Gasteiger partial charge in [0.25, 0.3) is 0 Å². The molecule has 110 valence electrons. The molecule has 0 amide bonds. The average Bonchev–Trinajstić information content (AvgIpc) is 2.88. The van der Waals surface area contributed by atoms with Gasteiger partial charge in [-0.1, -0.05) is 26.2 Å². The van der Waals surface area contributed by atoms with Crippen molar-refractivity contribution < 1.29 is 0 Å². The third-order valence-corrected chi connectivity index (χ3v) is 6.17. The van der Waals surface area contributed by atoms with E-state index in [1.807, 2.05) is 0 Å². The third-order valence-electron chi connectivity index (χ3n) is 6.17. The van der Waals surface area contributed by atoms with E-state index in [1.54, 1.807) is 0 Å². The summed E-state index contributed by atoms with van der Waals surface area (Å²) < 4.78 is 0. The number of hydrogen-bond donors (Lipinski definition) is 1. The fourth-order valence-electron chi connectivity index (χ4n) is 5.12. The lowest BCUT2D eigenvalue weighted by Gasteiger charge is -2.53. The predicted octanol–water partition coefficient (Wildman–Crippen LogP) is 2.06. The largest absolute Gasteiger partial charge is 0.329 e. The van der Waals surface area contributed by atoms with Crippen molar-refractivity contribution in [3.05, 3.63) is 0 Å². The van der Waals surface area contributed by atoms with Crippen LogP contribution in [0.25, 0.3) is 0 Å². The Morgan fingerprint density at radius 3 is 2.63 bits per heavy atom. The zero-order valence-corrected chi connectivity index (χ0v) is 12.6. The lowest BCUT2D eigenvalue weighted by Crippen LogP contribution is -2.64. The summed E-state index contributed by atoms with van der Waals surface area (Å²) in [6.07, 6.45) is 9.80. The number of rotatable bonds is 4. The van der Waals surface area contributed by atoms with E-state index >= 15 is 0 Å². The summed E-state index contributed by atoms with van der Waals surface area (Å²) in [6.45, 7) is 8.31. The monoisotopic (exact) mass is 265 g/mol. The van der Waals surface area contributed by atoms with Gasteiger partial charge in [0.2, 0.25) is 0 Å². The highest BCUT2D eigenvalue weighted by atomic mass is 15.3. The maximum atomic E-state index is 6.35. The Kier molecular flexibility index (Phi) is 4.16. The zero-order chi connectivity index (χ0) is 13.3. The van der Waals surface area contributed by atoms with Gasteiger partial charge in [-0.2, -0.15) is 0 Å². The molecule has 0 aromatic carbocycles. The second-order valence-electron chi connectivity index (χ2n) is 6.92. The van der Waals surface area contributed by atoms with Crippen LogP contribution in [-0.2, 0) is 0 Å². The van der Waals surface area contributed by atoms with Gasteiger partial charge in [0.05, 0.1) is 0 Å². The van der Waals surface area contributed by atoms with Gasteiger partial charge in [-0.3, -0.25) is 4.90 Å². The Hall–Kier alpha value is -0.120. The van der Waals surface area contributed by atoms with Gasteiger partial charge in [-0.25, -0.2) is 0 Å². The molecule has 3 heteroatoms. The fourth-order valence-corrected chi connectivity index (χ4v) is 5.12. The molecule has 3 unspecified atom stereocenters. The summed E-state index contributed by atoms with van der Waals surface area (Å²) in [4.78, 5) is 5.49. The molecule has 0 spiro atoms. The first-order valence-corrected chi connectivity index (χ1v) is 8.49. The lowest BCUT2D eigenvalue weighted by atomic mass is 9.75. The highest BCUT2D eigenvalue weighted by Gasteiger charge is 2.49. The summed E-state index contributed by atoms with van der Waals surface area (Å²) in [6, 6.07) is 0.814. The standard InChI is InChI=1S/C16H31N3/c1-2-19(15-6-4-3-5-7-15)16(13-17)9-11-18-10-8-14(16)12-18/h14-15H,2-13,17H2,1H3. The van der Waals surface area contributed by atoms with Gasteiger partial charge in [-0.05, 0) is 51.2 Å². The summed E-state index contributed by atoms with van der Waals surface area (Å²) in [5.74, 6) is 0.827. The molecule has 1 saturated carbocycles. The van der Waals surface area contributed by atoms with Crippen LogP contribution in [0.2, 0.25) is 0 Å². The molecule has 3 aliphatic rings. The first-order valence-electron chi connectivity index (χ1n) is 8.49. The normalized spacial score (nSPS) is 39.9. The quantitative estimate of drug-likeness (QED) is 0.844. The SMILES string of the molecule is CCN(C1CCCCC1)C1(CN)CCN2CCC1C2. The van der Waals surface area contributed by atoms with Gasteiger partial charge >= 0.3 is 0 Å². The van der Waals surface area contributed by atoms with E-state index < -0.39 is 0 Å². The summed E-state index contributed by atoms with van der Waals surface area (Å²) in [5.41, 5.74) is 6.67. The minimum Gasteiger partial charge on any atom is -0.329 e. The van der Waals surface area contributed by atoms with Crippen LogP contribution >= 0.6 is 0 Å². The van der Waals surface area contributed by atoms with Crippen LogP contribution in [0.3, 0.4) is 0 Å². The molecule has 2 heterocycles. The molecule has 0 aromatic heterocycles. The number of hydrogen-bond acceptors (Lipinski definition) is 3. The van der Waals surface area contributed by atoms with Gasteiger partial charge in [0, 0.05) is 24.7 Å². The van der Waals surface area contributed by atoms with Crippen molar-refractivity contribution in [2.24, 2.45) is 11.7 Å². The highest BCUT2D eigenvalue weighted by Crippen LogP contribution is 2.42. The van der Waals surface area contributed by atoms with Crippen molar-refractivity contribution in [3.63, 3.8) is 0 Å². The van der Waals surface area contributed by atoms with E-state index in [0.717, 1.165) is 18.5 Å². The van der Waals surface area contributed by atoms with Crippen LogP contribution in [-0.4, -0.2) is 54.1 Å². The van der Waals surface area contributed by atoms with Crippen LogP contribution in [0, 0.1) is 5.92 Å². The van der Waals surface area contributed by atoms with E-state index in [9.17, 15) is 0 Å². The molecule has 2 saturated heterocycles. The van der Waals surface area contributed by atoms with E-state index in [1.165, 1.54) is 71.1 Å². The minimum absolute atomic E-state index is 0.323. The van der Waals surface area contributed by atoms with Crippen LogP contribution in [0.4, 0.5) is 0 Å². The Labute approximate surface area is 118 Å². The van der Waals surface area contributed by atoms with Crippen LogP contribution in [0.1, 0.15) is 51.9 Å². The third kappa shape index (κ3) is 2.34. The summed E-state index contributed by atoms with van der Waals surface area (Å²) >= 11 is 0. The number of likely N-dealkylation sites (N-methyl/N-ethyl adjacent to an activating group) is 1. The Morgan fingerprint density at radius 2 is 1.95 bits per heavy atom. The molecule has 3 rings (SSSR count). The van der Waals surface area contributed by atoms with E-state index in [0.29, 0.717) is 5.54 Å². The van der Waals surface area contributed by atoms with Crippen LogP contribution in [0.5, 0.6) is 0 Å². The molecule has 2 N–H and O–H groups in total. The molecule has 2 bridgehead atoms. The van der Waals surface area contributed by atoms with Crippen molar-refractivity contribution >= 4 is 0 Å². The Morgan fingerprint density at radius 1 is 1.16 bits per heavy atom. The van der Waals surface area contributed by atoms with Crippen molar-refractivity contribution in [3.8, 4) is 0 Å². The molecular formula is C16H31N3. The molecule has 0 aromatic rings. The first-order chi connectivity index (χ1) is 9.30. The second-order valence-corrected chi connectivity index (χ2v) is 6.92. The molecular weight excluding hydrogens is 234 g/mol. The molecule has 0 radical (unpaired) electrons. The Bertz CT molecular complexity index is 300. The molecule has 2 aliphatic heterocycles. The van der Waals surface area contributed by atoms with E-state index in [-0.39, 0.29) is 0 Å². The minimum atomic E-state index is 0.323. The molecule has 1 aliphatic carbocycles. The van der Waals surface area contributed by atoms with Crippen molar-refractivity contribution in [1.29, 1.82) is 0 Å². The number of piperidine rings is 1.